The predicted octanol–water partition coefficient (Wildman–Crippen LogP) is 2.13. The standard InChI is InChI=1S/C19H27N7O3.H2/c1-19(2)8-13(4-5-14(19)27)23-17-12(9-20)10-22-18(25-17)21-7-6-16-24-15(11-28-3)26-29-16;/h10,13-14,27H,4-8,11H2,1-3H3,(H2,21,22,23,25);1H/t13-,14+;/m1./s1. The number of aliphatic hydroxyl groups is 1. The second-order valence-corrected chi connectivity index (χ2v) is 7.91. The molecule has 1 saturated carbocycles. The van der Waals surface area contributed by atoms with Crippen LogP contribution in [0.15, 0.2) is 10.7 Å². The zero-order chi connectivity index (χ0) is 20.9. The molecule has 2 aromatic heterocycles. The average Bonchev–Trinajstić information content (AvgIpc) is 3.12. The van der Waals surface area contributed by atoms with Gasteiger partial charge in [0.05, 0.1) is 12.3 Å². The van der Waals surface area contributed by atoms with E-state index in [-0.39, 0.29) is 19.0 Å². The lowest BCUT2D eigenvalue weighted by Gasteiger charge is -2.40. The Balaban J connectivity index is 0.00000320. The monoisotopic (exact) mass is 403 g/mol. The van der Waals surface area contributed by atoms with Gasteiger partial charge in [0.2, 0.25) is 11.8 Å². The first-order valence-corrected chi connectivity index (χ1v) is 9.67. The van der Waals surface area contributed by atoms with E-state index in [0.717, 1.165) is 19.3 Å². The molecule has 3 rings (SSSR count). The van der Waals surface area contributed by atoms with Crippen molar-refractivity contribution >= 4 is 11.8 Å². The number of hydrogen-bond acceptors (Lipinski definition) is 10. The fourth-order valence-electron chi connectivity index (χ4n) is 3.46. The molecule has 10 nitrogen and oxygen atoms in total. The highest BCUT2D eigenvalue weighted by Crippen LogP contribution is 2.36. The van der Waals surface area contributed by atoms with Gasteiger partial charge in [-0.05, 0) is 24.7 Å². The van der Waals surface area contributed by atoms with Crippen molar-refractivity contribution in [2.75, 3.05) is 24.3 Å². The Hall–Kier alpha value is -2.77. The third kappa shape index (κ3) is 5.40. The van der Waals surface area contributed by atoms with Crippen LogP contribution in [0.25, 0.3) is 0 Å². The van der Waals surface area contributed by atoms with Crippen molar-refractivity contribution in [1.29, 1.82) is 5.26 Å². The summed E-state index contributed by atoms with van der Waals surface area (Å²) >= 11 is 0. The molecule has 10 heteroatoms. The lowest BCUT2D eigenvalue weighted by atomic mass is 9.73. The molecule has 3 N–H and O–H groups in total. The quantitative estimate of drug-likeness (QED) is 0.600. The minimum atomic E-state index is -0.312. The summed E-state index contributed by atoms with van der Waals surface area (Å²) in [7, 11) is 1.57. The molecule has 2 aromatic rings. The van der Waals surface area contributed by atoms with Gasteiger partial charge in [0.25, 0.3) is 0 Å². The summed E-state index contributed by atoms with van der Waals surface area (Å²) < 4.78 is 10.1. The Morgan fingerprint density at radius 3 is 2.97 bits per heavy atom. The van der Waals surface area contributed by atoms with Crippen LogP contribution in [0, 0.1) is 16.7 Å². The number of methoxy groups -OCH3 is 1. The number of anilines is 2. The van der Waals surface area contributed by atoms with Crippen LogP contribution in [0.4, 0.5) is 11.8 Å². The molecule has 0 bridgehead atoms. The molecule has 1 aliphatic carbocycles. The van der Waals surface area contributed by atoms with Crippen LogP contribution in [0.3, 0.4) is 0 Å². The molecular weight excluding hydrogens is 374 g/mol. The summed E-state index contributed by atoms with van der Waals surface area (Å²) in [5.74, 6) is 1.92. The topological polar surface area (TPSA) is 142 Å². The van der Waals surface area contributed by atoms with Crippen molar-refractivity contribution in [1.82, 2.24) is 20.1 Å². The first-order valence-electron chi connectivity index (χ1n) is 9.67. The zero-order valence-electron chi connectivity index (χ0n) is 17.0. The SMILES string of the molecule is COCc1noc(CCNc2ncc(C#N)c(N[C@@H]3CC[C@H](O)C(C)(C)C3)n2)n1.[HH]. The summed E-state index contributed by atoms with van der Waals surface area (Å²) in [6.45, 7) is 4.92. The fraction of sp³-hybridized carbons (Fsp3) is 0.632. The Morgan fingerprint density at radius 2 is 2.24 bits per heavy atom. The van der Waals surface area contributed by atoms with E-state index in [1.807, 2.05) is 0 Å². The van der Waals surface area contributed by atoms with Crippen molar-refractivity contribution in [3.63, 3.8) is 0 Å². The second-order valence-electron chi connectivity index (χ2n) is 7.91. The van der Waals surface area contributed by atoms with Crippen molar-refractivity contribution in [2.24, 2.45) is 5.41 Å². The first kappa shape index (κ1) is 21.0. The Labute approximate surface area is 171 Å². The zero-order valence-corrected chi connectivity index (χ0v) is 17.0. The highest BCUT2D eigenvalue weighted by Gasteiger charge is 2.35. The molecule has 0 aromatic carbocycles. The lowest BCUT2D eigenvalue weighted by molar-refractivity contribution is 0.00926. The number of nitrogens with zero attached hydrogens (tertiary/aromatic N) is 5. The Bertz CT molecular complexity index is 868. The smallest absolute Gasteiger partial charge is 0.228 e. The molecule has 158 valence electrons. The number of nitrogens with one attached hydrogen (secondary N) is 2. The van der Waals surface area contributed by atoms with Gasteiger partial charge in [-0.15, -0.1) is 0 Å². The molecule has 0 unspecified atom stereocenters. The van der Waals surface area contributed by atoms with Gasteiger partial charge in [0.15, 0.2) is 5.82 Å². The van der Waals surface area contributed by atoms with Crippen LogP contribution in [0.5, 0.6) is 0 Å². The van der Waals surface area contributed by atoms with E-state index in [0.29, 0.717) is 48.6 Å². The van der Waals surface area contributed by atoms with E-state index in [9.17, 15) is 10.4 Å². The second kappa shape index (κ2) is 9.15. The highest BCUT2D eigenvalue weighted by atomic mass is 16.5. The number of ether oxygens (including phenoxy) is 1. The van der Waals surface area contributed by atoms with Crippen LogP contribution in [-0.4, -0.2) is 51.0 Å². The average molecular weight is 403 g/mol. The third-order valence-corrected chi connectivity index (χ3v) is 5.12. The molecule has 29 heavy (non-hydrogen) atoms. The maximum absolute atomic E-state index is 10.1. The van der Waals surface area contributed by atoms with E-state index >= 15 is 0 Å². The molecule has 0 saturated heterocycles. The molecule has 0 radical (unpaired) electrons. The van der Waals surface area contributed by atoms with Gasteiger partial charge >= 0.3 is 0 Å². The van der Waals surface area contributed by atoms with Crippen molar-refractivity contribution in [3.8, 4) is 6.07 Å². The molecule has 1 fully saturated rings. The minimum Gasteiger partial charge on any atom is -0.393 e. The molecule has 2 atom stereocenters. The predicted molar refractivity (Wildman–Crippen MR) is 107 cm³/mol. The Kier molecular flexibility index (Phi) is 6.61. The Morgan fingerprint density at radius 1 is 1.41 bits per heavy atom. The minimum absolute atomic E-state index is 0. The van der Waals surface area contributed by atoms with Gasteiger partial charge in [0, 0.05) is 27.5 Å². The molecule has 2 heterocycles. The van der Waals surface area contributed by atoms with Crippen LogP contribution >= 0.6 is 0 Å². The third-order valence-electron chi connectivity index (χ3n) is 5.12. The van der Waals surface area contributed by atoms with E-state index in [4.69, 9.17) is 9.26 Å². The van der Waals surface area contributed by atoms with Gasteiger partial charge in [0.1, 0.15) is 24.1 Å². The number of nitriles is 1. The van der Waals surface area contributed by atoms with Crippen LogP contribution in [0.1, 0.15) is 51.8 Å². The number of hydrogen-bond donors (Lipinski definition) is 3. The number of aliphatic hydroxyl groups excluding tert-OH is 1. The molecule has 1 aliphatic rings. The van der Waals surface area contributed by atoms with Gasteiger partial charge in [-0.3, -0.25) is 0 Å². The van der Waals surface area contributed by atoms with E-state index in [1.54, 1.807) is 7.11 Å². The first-order chi connectivity index (χ1) is 13.9. The largest absolute Gasteiger partial charge is 0.393 e. The molecule has 0 spiro atoms. The number of rotatable bonds is 8. The molecule has 0 amide bonds. The van der Waals surface area contributed by atoms with Crippen molar-refractivity contribution in [2.45, 2.75) is 58.3 Å². The van der Waals surface area contributed by atoms with E-state index in [1.165, 1.54) is 6.20 Å². The molecule has 0 aliphatic heterocycles. The lowest BCUT2D eigenvalue weighted by Crippen LogP contribution is -2.41. The van der Waals surface area contributed by atoms with Gasteiger partial charge in [-0.25, -0.2) is 4.98 Å². The summed E-state index contributed by atoms with van der Waals surface area (Å²) in [6, 6.07) is 2.27. The van der Waals surface area contributed by atoms with Gasteiger partial charge in [-0.1, -0.05) is 19.0 Å². The van der Waals surface area contributed by atoms with Gasteiger partial charge in [-0.2, -0.15) is 15.2 Å². The summed E-state index contributed by atoms with van der Waals surface area (Å²) in [4.78, 5) is 12.9. The summed E-state index contributed by atoms with van der Waals surface area (Å²) in [5, 5.41) is 29.8. The van der Waals surface area contributed by atoms with E-state index in [2.05, 4.69) is 50.7 Å². The maximum Gasteiger partial charge on any atom is 0.228 e. The van der Waals surface area contributed by atoms with Crippen molar-refractivity contribution in [3.05, 3.63) is 23.5 Å². The number of aromatic nitrogens is 4. The highest BCUT2D eigenvalue weighted by molar-refractivity contribution is 5.54. The van der Waals surface area contributed by atoms with Crippen LogP contribution in [-0.2, 0) is 17.8 Å². The van der Waals surface area contributed by atoms with Crippen LogP contribution in [0.2, 0.25) is 0 Å². The van der Waals surface area contributed by atoms with Gasteiger partial charge < -0.3 is 25.0 Å². The van der Waals surface area contributed by atoms with Crippen molar-refractivity contribution < 1.29 is 15.8 Å². The van der Waals surface area contributed by atoms with Crippen LogP contribution < -0.4 is 10.6 Å². The normalized spacial score (nSPS) is 20.8. The molecular formula is C19H29N7O3. The summed E-state index contributed by atoms with van der Waals surface area (Å²) in [6.07, 6.45) is 4.04. The van der Waals surface area contributed by atoms with E-state index < -0.39 is 0 Å². The fourth-order valence-corrected chi connectivity index (χ4v) is 3.46. The summed E-state index contributed by atoms with van der Waals surface area (Å²) in [5.41, 5.74) is 0.211. The maximum atomic E-state index is 10.1.